The Kier molecular flexibility index (Phi) is 6.78. The van der Waals surface area contributed by atoms with E-state index in [-0.39, 0.29) is 29.1 Å². The fraction of sp³-hybridized carbons (Fsp3) is 0.261. The lowest BCUT2D eigenvalue weighted by molar-refractivity contribution is -0.121. The van der Waals surface area contributed by atoms with Crippen molar-refractivity contribution in [3.05, 3.63) is 65.2 Å². The van der Waals surface area contributed by atoms with E-state index in [1.54, 1.807) is 30.3 Å². The third kappa shape index (κ3) is 4.61. The lowest BCUT2D eigenvalue weighted by Crippen LogP contribution is -2.35. The Hall–Kier alpha value is -3.99. The predicted molar refractivity (Wildman–Crippen MR) is 111 cm³/mol. The van der Waals surface area contributed by atoms with Crippen molar-refractivity contribution in [2.75, 3.05) is 24.6 Å². The summed E-state index contributed by atoms with van der Waals surface area (Å²) in [4.78, 5) is 52.2. The molecule has 0 fully saturated rings. The number of imide groups is 1. The van der Waals surface area contributed by atoms with Crippen molar-refractivity contribution in [3.8, 4) is 6.07 Å². The van der Waals surface area contributed by atoms with Crippen LogP contribution in [0, 0.1) is 11.3 Å². The summed E-state index contributed by atoms with van der Waals surface area (Å²) in [6, 6.07) is 14.6. The molecule has 0 saturated heterocycles. The second-order valence-electron chi connectivity index (χ2n) is 6.93. The molecule has 1 aliphatic heterocycles. The summed E-state index contributed by atoms with van der Waals surface area (Å²) in [6.07, 6.45) is 1.54. The Balaban J connectivity index is 1.69. The summed E-state index contributed by atoms with van der Waals surface area (Å²) in [5, 5.41) is 9.00. The summed E-state index contributed by atoms with van der Waals surface area (Å²) in [7, 11) is 0. The van der Waals surface area contributed by atoms with Crippen LogP contribution < -0.4 is 4.90 Å². The van der Waals surface area contributed by atoms with E-state index >= 15 is 0 Å². The summed E-state index contributed by atoms with van der Waals surface area (Å²) < 4.78 is 5.10. The van der Waals surface area contributed by atoms with Crippen molar-refractivity contribution in [1.82, 2.24) is 4.90 Å². The minimum absolute atomic E-state index is 0.0663. The first-order chi connectivity index (χ1) is 15.0. The Bertz CT molecular complexity index is 1060. The lowest BCUT2D eigenvalue weighted by atomic mass is 10.1. The molecule has 8 heteroatoms. The van der Waals surface area contributed by atoms with Crippen LogP contribution in [-0.2, 0) is 9.53 Å². The van der Waals surface area contributed by atoms with Gasteiger partial charge < -0.3 is 4.74 Å². The van der Waals surface area contributed by atoms with Crippen LogP contribution in [-0.4, -0.2) is 48.3 Å². The minimum Gasteiger partial charge on any atom is -0.452 e. The van der Waals surface area contributed by atoms with Crippen LogP contribution in [0.1, 0.15) is 50.8 Å². The molecule has 2 aromatic carbocycles. The highest BCUT2D eigenvalue weighted by Gasteiger charge is 2.35. The smallest absolute Gasteiger partial charge is 0.338 e. The minimum atomic E-state index is -0.798. The number of carbonyl (C=O) groups excluding carboxylic acids is 4. The summed E-state index contributed by atoms with van der Waals surface area (Å²) in [6.45, 7) is 1.53. The lowest BCUT2D eigenvalue weighted by Gasteiger charge is -2.19. The van der Waals surface area contributed by atoms with Crippen LogP contribution >= 0.6 is 0 Å². The Morgan fingerprint density at radius 2 is 1.77 bits per heavy atom. The molecule has 158 valence electrons. The third-order valence-corrected chi connectivity index (χ3v) is 4.87. The van der Waals surface area contributed by atoms with Gasteiger partial charge in [0.05, 0.1) is 22.8 Å². The Labute approximate surface area is 179 Å². The fourth-order valence-corrected chi connectivity index (χ4v) is 3.23. The van der Waals surface area contributed by atoms with Crippen molar-refractivity contribution in [3.63, 3.8) is 0 Å². The maximum atomic E-state index is 12.5. The number of hydrogen-bond donors (Lipinski definition) is 0. The second-order valence-corrected chi connectivity index (χ2v) is 6.93. The number of nitrogens with zero attached hydrogens (tertiary/aromatic N) is 3. The average Bonchev–Trinajstić information content (AvgIpc) is 3.03. The first-order valence-electron chi connectivity index (χ1n) is 9.87. The molecular formula is C23H21N3O5. The van der Waals surface area contributed by atoms with Crippen molar-refractivity contribution in [2.24, 2.45) is 0 Å². The van der Waals surface area contributed by atoms with Crippen LogP contribution in [0.25, 0.3) is 0 Å². The fourth-order valence-electron chi connectivity index (χ4n) is 3.23. The van der Waals surface area contributed by atoms with Crippen LogP contribution in [0.5, 0.6) is 0 Å². The number of para-hydroxylation sites is 1. The van der Waals surface area contributed by atoms with Crippen LogP contribution in [0.2, 0.25) is 0 Å². The molecule has 3 rings (SSSR count). The molecule has 0 aliphatic carbocycles. The Morgan fingerprint density at radius 3 is 2.45 bits per heavy atom. The highest BCUT2D eigenvalue weighted by molar-refractivity contribution is 6.22. The molecule has 0 saturated carbocycles. The number of amides is 3. The van der Waals surface area contributed by atoms with Crippen LogP contribution in [0.4, 0.5) is 5.69 Å². The maximum Gasteiger partial charge on any atom is 0.338 e. The summed E-state index contributed by atoms with van der Waals surface area (Å²) >= 11 is 0. The van der Waals surface area contributed by atoms with Crippen molar-refractivity contribution in [1.29, 1.82) is 5.26 Å². The first kappa shape index (κ1) is 21.7. The molecule has 31 heavy (non-hydrogen) atoms. The van der Waals surface area contributed by atoms with Gasteiger partial charge in [0, 0.05) is 12.2 Å². The number of fused-ring (bicyclic) bond motifs is 1. The third-order valence-electron chi connectivity index (χ3n) is 4.87. The number of carbonyl (C=O) groups is 4. The van der Waals surface area contributed by atoms with Gasteiger partial charge in [0.15, 0.2) is 6.61 Å². The van der Waals surface area contributed by atoms with E-state index in [1.807, 2.05) is 13.0 Å². The molecule has 0 aromatic heterocycles. The van der Waals surface area contributed by atoms with Gasteiger partial charge in [0.2, 0.25) is 0 Å². The number of ether oxygens (including phenoxy) is 1. The number of esters is 1. The summed E-state index contributed by atoms with van der Waals surface area (Å²) in [5.74, 6) is -2.17. The molecule has 0 bridgehead atoms. The van der Waals surface area contributed by atoms with Gasteiger partial charge in [-0.05, 0) is 36.8 Å². The quantitative estimate of drug-likeness (QED) is 0.370. The second kappa shape index (κ2) is 9.67. The normalized spacial score (nSPS) is 12.3. The van der Waals surface area contributed by atoms with Gasteiger partial charge in [-0.1, -0.05) is 31.5 Å². The molecule has 0 radical (unpaired) electrons. The SMILES string of the molecule is CCCCN1C(=O)c2ccc(C(=O)OCC(=O)N(CC#N)c3ccccc3)cc2C1=O. The van der Waals surface area contributed by atoms with E-state index in [9.17, 15) is 19.2 Å². The molecule has 1 aliphatic rings. The molecule has 1 heterocycles. The topological polar surface area (TPSA) is 108 Å². The predicted octanol–water partition coefficient (Wildman–Crippen LogP) is 2.80. The largest absolute Gasteiger partial charge is 0.452 e. The number of rotatable bonds is 8. The number of anilines is 1. The monoisotopic (exact) mass is 419 g/mol. The van der Waals surface area contributed by atoms with Gasteiger partial charge in [0.25, 0.3) is 17.7 Å². The number of unbranched alkanes of at least 4 members (excludes halogenated alkanes) is 1. The van der Waals surface area contributed by atoms with Gasteiger partial charge in [-0.2, -0.15) is 5.26 Å². The maximum absolute atomic E-state index is 12.5. The van der Waals surface area contributed by atoms with Gasteiger partial charge in [0.1, 0.15) is 6.54 Å². The number of hydrogen-bond acceptors (Lipinski definition) is 6. The molecule has 8 nitrogen and oxygen atoms in total. The van der Waals surface area contributed by atoms with Gasteiger partial charge >= 0.3 is 5.97 Å². The molecule has 2 aromatic rings. The van der Waals surface area contributed by atoms with E-state index in [0.29, 0.717) is 18.7 Å². The number of nitriles is 1. The van der Waals surface area contributed by atoms with E-state index in [2.05, 4.69) is 0 Å². The van der Waals surface area contributed by atoms with E-state index in [4.69, 9.17) is 10.00 Å². The highest BCUT2D eigenvalue weighted by atomic mass is 16.5. The summed E-state index contributed by atoms with van der Waals surface area (Å²) in [5.41, 5.74) is 0.978. The molecule has 0 spiro atoms. The Morgan fingerprint density at radius 1 is 1.06 bits per heavy atom. The van der Waals surface area contributed by atoms with Crippen LogP contribution in [0.15, 0.2) is 48.5 Å². The van der Waals surface area contributed by atoms with Crippen molar-refractivity contribution < 1.29 is 23.9 Å². The van der Waals surface area contributed by atoms with Crippen molar-refractivity contribution >= 4 is 29.4 Å². The number of benzene rings is 2. The zero-order valence-corrected chi connectivity index (χ0v) is 17.0. The van der Waals surface area contributed by atoms with Gasteiger partial charge in [-0.15, -0.1) is 0 Å². The molecule has 0 atom stereocenters. The van der Waals surface area contributed by atoms with Gasteiger partial charge in [-0.25, -0.2) is 4.79 Å². The molecule has 0 unspecified atom stereocenters. The van der Waals surface area contributed by atoms with Gasteiger partial charge in [-0.3, -0.25) is 24.2 Å². The zero-order chi connectivity index (χ0) is 22.4. The van der Waals surface area contributed by atoms with Crippen LogP contribution in [0.3, 0.4) is 0 Å². The highest BCUT2D eigenvalue weighted by Crippen LogP contribution is 2.25. The van der Waals surface area contributed by atoms with E-state index in [1.165, 1.54) is 28.0 Å². The van der Waals surface area contributed by atoms with E-state index in [0.717, 1.165) is 6.42 Å². The molecular weight excluding hydrogens is 398 g/mol. The average molecular weight is 419 g/mol. The standard InChI is InChI=1S/C23H21N3O5/c1-2-3-12-26-21(28)18-10-9-16(14-19(18)22(26)29)23(30)31-15-20(27)25(13-11-24)17-7-5-4-6-8-17/h4-10,14H,2-3,12-13,15H2,1H3. The van der Waals surface area contributed by atoms with E-state index < -0.39 is 24.4 Å². The molecule has 3 amide bonds. The first-order valence-corrected chi connectivity index (χ1v) is 9.87. The zero-order valence-electron chi connectivity index (χ0n) is 17.0. The van der Waals surface area contributed by atoms with Crippen molar-refractivity contribution in [2.45, 2.75) is 19.8 Å². The molecule has 0 N–H and O–H groups in total.